The molecule has 0 aliphatic carbocycles. The fraction of sp³-hybridized carbons (Fsp3) is 0.333. The first-order valence-electron chi connectivity index (χ1n) is 5.53. The molecule has 2 amide bonds. The molecule has 0 aromatic heterocycles. The summed E-state index contributed by atoms with van der Waals surface area (Å²) < 4.78 is 36.4. The van der Waals surface area contributed by atoms with Crippen molar-refractivity contribution >= 4 is 17.7 Å². The van der Waals surface area contributed by atoms with Gasteiger partial charge in [-0.15, -0.1) is 0 Å². The largest absolute Gasteiger partial charge is 0.478 e. The maximum Gasteiger partial charge on any atom is 0.406 e. The predicted molar refractivity (Wildman–Crippen MR) is 65.8 cm³/mol. The van der Waals surface area contributed by atoms with Crippen LogP contribution in [-0.2, 0) is 0 Å². The van der Waals surface area contributed by atoms with Gasteiger partial charge in [0.05, 0.1) is 5.56 Å². The molecule has 1 aromatic carbocycles. The van der Waals surface area contributed by atoms with E-state index in [0.717, 1.165) is 7.05 Å². The maximum absolute atomic E-state index is 12.1. The molecule has 0 saturated carbocycles. The Bertz CT molecular complexity index is 529. The Labute approximate surface area is 113 Å². The summed E-state index contributed by atoms with van der Waals surface area (Å²) in [7, 11) is 0.995. The van der Waals surface area contributed by atoms with E-state index < -0.39 is 24.7 Å². The van der Waals surface area contributed by atoms with E-state index in [-0.39, 0.29) is 11.3 Å². The summed E-state index contributed by atoms with van der Waals surface area (Å²) in [6.45, 7) is 0.182. The number of aromatic carboxylic acids is 1. The summed E-state index contributed by atoms with van der Waals surface area (Å²) in [6.07, 6.45) is -4.49. The molecule has 0 radical (unpaired) electrons. The van der Waals surface area contributed by atoms with Crippen molar-refractivity contribution in [2.45, 2.75) is 13.1 Å². The van der Waals surface area contributed by atoms with Crippen molar-refractivity contribution < 1.29 is 27.9 Å². The second-order valence-corrected chi connectivity index (χ2v) is 4.24. The minimum atomic E-state index is -4.49. The SMILES string of the molecule is Cc1ccc(NC(=O)N(C)CC(F)(F)F)cc1C(=O)O. The van der Waals surface area contributed by atoms with Gasteiger partial charge in [-0.2, -0.15) is 13.2 Å². The van der Waals surface area contributed by atoms with E-state index >= 15 is 0 Å². The van der Waals surface area contributed by atoms with Crippen molar-refractivity contribution in [2.75, 3.05) is 18.9 Å². The van der Waals surface area contributed by atoms with Crippen molar-refractivity contribution in [3.63, 3.8) is 0 Å². The Balaban J connectivity index is 2.81. The lowest BCUT2D eigenvalue weighted by Gasteiger charge is -2.19. The number of carbonyl (C=O) groups is 2. The van der Waals surface area contributed by atoms with Gasteiger partial charge in [-0.1, -0.05) is 6.07 Å². The van der Waals surface area contributed by atoms with Crippen molar-refractivity contribution in [2.24, 2.45) is 0 Å². The number of nitrogens with zero attached hydrogens (tertiary/aromatic N) is 1. The summed E-state index contributed by atoms with van der Waals surface area (Å²) in [5.41, 5.74) is 0.576. The molecule has 0 unspecified atom stereocenters. The highest BCUT2D eigenvalue weighted by Crippen LogP contribution is 2.18. The molecule has 110 valence electrons. The number of anilines is 1. The summed E-state index contributed by atoms with van der Waals surface area (Å²) in [6, 6.07) is 3.10. The molecule has 8 heteroatoms. The molecule has 0 bridgehead atoms. The molecule has 0 aliphatic heterocycles. The maximum atomic E-state index is 12.1. The van der Waals surface area contributed by atoms with Gasteiger partial charge in [0, 0.05) is 12.7 Å². The van der Waals surface area contributed by atoms with Gasteiger partial charge < -0.3 is 15.3 Å². The van der Waals surface area contributed by atoms with Gasteiger partial charge in [0.2, 0.25) is 0 Å². The summed E-state index contributed by atoms with van der Waals surface area (Å²) >= 11 is 0. The lowest BCUT2D eigenvalue weighted by molar-refractivity contribution is -0.137. The molecular formula is C12H13F3N2O3. The smallest absolute Gasteiger partial charge is 0.406 e. The van der Waals surface area contributed by atoms with Gasteiger partial charge in [-0.05, 0) is 24.6 Å². The van der Waals surface area contributed by atoms with Gasteiger partial charge in [0.25, 0.3) is 0 Å². The van der Waals surface area contributed by atoms with Gasteiger partial charge in [0.15, 0.2) is 0 Å². The number of hydrogen-bond donors (Lipinski definition) is 2. The quantitative estimate of drug-likeness (QED) is 0.899. The highest BCUT2D eigenvalue weighted by Gasteiger charge is 2.31. The van der Waals surface area contributed by atoms with Crippen molar-refractivity contribution in [3.8, 4) is 0 Å². The molecular weight excluding hydrogens is 277 g/mol. The monoisotopic (exact) mass is 290 g/mol. The standard InChI is InChI=1S/C12H13F3N2O3/c1-7-3-4-8(5-9(7)10(18)19)16-11(20)17(2)6-12(13,14)15/h3-5H,6H2,1-2H3,(H,16,20)(H,18,19). The average Bonchev–Trinajstić information content (AvgIpc) is 2.28. The number of carboxylic acid groups (broad SMARTS) is 1. The highest BCUT2D eigenvalue weighted by atomic mass is 19.4. The number of rotatable bonds is 3. The van der Waals surface area contributed by atoms with Crippen LogP contribution < -0.4 is 5.32 Å². The molecule has 1 aromatic rings. The topological polar surface area (TPSA) is 69.6 Å². The third-order valence-electron chi connectivity index (χ3n) is 2.48. The van der Waals surface area contributed by atoms with Gasteiger partial charge in [-0.3, -0.25) is 0 Å². The zero-order valence-corrected chi connectivity index (χ0v) is 10.8. The van der Waals surface area contributed by atoms with Crippen molar-refractivity contribution in [1.82, 2.24) is 4.90 Å². The first-order chi connectivity index (χ1) is 9.10. The van der Waals surface area contributed by atoms with E-state index in [9.17, 15) is 22.8 Å². The number of aryl methyl sites for hydroxylation is 1. The van der Waals surface area contributed by atoms with Crippen LogP contribution in [0.4, 0.5) is 23.7 Å². The third kappa shape index (κ3) is 4.45. The van der Waals surface area contributed by atoms with Crippen LogP contribution in [0.15, 0.2) is 18.2 Å². The van der Waals surface area contributed by atoms with Crippen LogP contribution in [0.1, 0.15) is 15.9 Å². The van der Waals surface area contributed by atoms with E-state index in [1.807, 2.05) is 0 Å². The normalized spacial score (nSPS) is 11.1. The van der Waals surface area contributed by atoms with E-state index in [4.69, 9.17) is 5.11 Å². The lowest BCUT2D eigenvalue weighted by atomic mass is 10.1. The summed E-state index contributed by atoms with van der Waals surface area (Å²) in [4.78, 5) is 22.9. The zero-order valence-electron chi connectivity index (χ0n) is 10.8. The van der Waals surface area contributed by atoms with Gasteiger partial charge in [0.1, 0.15) is 6.54 Å². The Morgan fingerprint density at radius 2 is 1.95 bits per heavy atom. The number of hydrogen-bond acceptors (Lipinski definition) is 2. The Hall–Kier alpha value is -2.25. The van der Waals surface area contributed by atoms with Crippen LogP contribution in [-0.4, -0.2) is 41.8 Å². The van der Waals surface area contributed by atoms with Crippen molar-refractivity contribution in [3.05, 3.63) is 29.3 Å². The number of halogens is 3. The Morgan fingerprint density at radius 3 is 2.45 bits per heavy atom. The minimum absolute atomic E-state index is 0.0266. The first-order valence-corrected chi connectivity index (χ1v) is 5.53. The van der Waals surface area contributed by atoms with Crippen molar-refractivity contribution in [1.29, 1.82) is 0 Å². The first kappa shape index (κ1) is 15.8. The van der Waals surface area contributed by atoms with Crippen LogP contribution in [0.2, 0.25) is 0 Å². The Morgan fingerprint density at radius 1 is 1.35 bits per heavy atom. The van der Waals surface area contributed by atoms with Crippen LogP contribution >= 0.6 is 0 Å². The fourth-order valence-electron chi connectivity index (χ4n) is 1.49. The van der Waals surface area contributed by atoms with Crippen LogP contribution in [0.3, 0.4) is 0 Å². The number of benzene rings is 1. The van der Waals surface area contributed by atoms with Crippen LogP contribution in [0.5, 0.6) is 0 Å². The van der Waals surface area contributed by atoms with Gasteiger partial charge in [-0.25, -0.2) is 9.59 Å². The summed E-state index contributed by atoms with van der Waals surface area (Å²) in [5.74, 6) is -1.18. The molecule has 0 saturated heterocycles. The minimum Gasteiger partial charge on any atom is -0.478 e. The molecule has 1 rings (SSSR count). The van der Waals surface area contributed by atoms with E-state index in [0.29, 0.717) is 10.5 Å². The molecule has 0 spiro atoms. The van der Waals surface area contributed by atoms with E-state index in [1.165, 1.54) is 18.2 Å². The Kier molecular flexibility index (Phi) is 4.59. The fourth-order valence-corrected chi connectivity index (χ4v) is 1.49. The van der Waals surface area contributed by atoms with Crippen LogP contribution in [0.25, 0.3) is 0 Å². The third-order valence-corrected chi connectivity index (χ3v) is 2.48. The van der Waals surface area contributed by atoms with Crippen LogP contribution in [0, 0.1) is 6.92 Å². The predicted octanol–water partition coefficient (Wildman–Crippen LogP) is 2.72. The number of urea groups is 1. The second-order valence-electron chi connectivity index (χ2n) is 4.24. The van der Waals surface area contributed by atoms with E-state index in [1.54, 1.807) is 6.92 Å². The number of carbonyl (C=O) groups excluding carboxylic acids is 1. The molecule has 2 N–H and O–H groups in total. The summed E-state index contributed by atoms with van der Waals surface area (Å²) in [5, 5.41) is 11.1. The number of carboxylic acids is 1. The van der Waals surface area contributed by atoms with Gasteiger partial charge >= 0.3 is 18.2 Å². The van der Waals surface area contributed by atoms with E-state index in [2.05, 4.69) is 5.32 Å². The number of alkyl halides is 3. The second kappa shape index (κ2) is 5.81. The molecule has 5 nitrogen and oxygen atoms in total. The molecule has 0 atom stereocenters. The number of amides is 2. The molecule has 0 heterocycles. The molecule has 0 fully saturated rings. The molecule has 0 aliphatic rings. The zero-order chi connectivity index (χ0) is 15.5. The average molecular weight is 290 g/mol. The number of nitrogens with one attached hydrogen (secondary N) is 1. The lowest BCUT2D eigenvalue weighted by Crippen LogP contribution is -2.38. The highest BCUT2D eigenvalue weighted by molar-refractivity contribution is 5.94. The molecule has 20 heavy (non-hydrogen) atoms.